The lowest BCUT2D eigenvalue weighted by molar-refractivity contribution is 0.341. The van der Waals surface area contributed by atoms with Crippen molar-refractivity contribution in [2.24, 2.45) is 5.92 Å². The molecule has 0 amide bonds. The Morgan fingerprint density at radius 1 is 1.22 bits per heavy atom. The van der Waals surface area contributed by atoms with Gasteiger partial charge in [-0.3, -0.25) is 9.97 Å². The average Bonchev–Trinajstić information content (AvgIpc) is 3.33. The number of aryl methyl sites for hydroxylation is 1. The maximum atomic E-state index is 11.9. The van der Waals surface area contributed by atoms with Crippen molar-refractivity contribution < 1.29 is 21.4 Å². The standard InChI is InChI=1S/C26H31N7O3S/c1-16-20-13-28-33(23(20)11-22(29-16)21-12-27-8-7-24(21)36-5)26-10-19(9-25(30-26)31(3)4)32-14-18(17(32)2)15-37(6,34)35/h7-13,17-18H,14-15H2,1-6H3/t17-,18-/m1/s1/i3D3,4D3. The minimum absolute atomic E-state index is 0.00276. The predicted octanol–water partition coefficient (Wildman–Crippen LogP) is 3.13. The van der Waals surface area contributed by atoms with E-state index in [0.29, 0.717) is 50.7 Å². The zero-order valence-electron chi connectivity index (χ0n) is 26.9. The van der Waals surface area contributed by atoms with Crippen LogP contribution >= 0.6 is 0 Å². The SMILES string of the molecule is [2H]C([2H])([2H])N(c1cc(N2C[C@H](CS(C)(=O)=O)[C@H]2C)cc(-n2ncc3c(C)nc(-c4cnccc4OC)cc32)n1)C([2H])([2H])[2H]. The van der Waals surface area contributed by atoms with E-state index < -0.39 is 23.8 Å². The third-order valence-corrected chi connectivity index (χ3v) is 7.75. The molecule has 0 N–H and O–H groups in total. The number of sulfone groups is 1. The molecule has 0 aromatic carbocycles. The first-order chi connectivity index (χ1) is 20.0. The van der Waals surface area contributed by atoms with E-state index in [-0.39, 0.29) is 29.3 Å². The summed E-state index contributed by atoms with van der Waals surface area (Å²) in [5.74, 6) is 0.302. The van der Waals surface area contributed by atoms with E-state index in [9.17, 15) is 8.42 Å². The second-order valence-corrected chi connectivity index (χ2v) is 11.5. The van der Waals surface area contributed by atoms with Crippen molar-refractivity contribution in [3.05, 3.63) is 48.5 Å². The van der Waals surface area contributed by atoms with Crippen LogP contribution in [0, 0.1) is 12.8 Å². The summed E-state index contributed by atoms with van der Waals surface area (Å²) in [4.78, 5) is 15.6. The Kier molecular flexibility index (Phi) is 4.65. The van der Waals surface area contributed by atoms with Crippen molar-refractivity contribution >= 4 is 32.2 Å². The summed E-state index contributed by atoms with van der Waals surface area (Å²) >= 11 is 0. The number of methoxy groups -OCH3 is 1. The fraction of sp³-hybridized carbons (Fsp3) is 0.385. The largest absolute Gasteiger partial charge is 0.496 e. The first-order valence-corrected chi connectivity index (χ1v) is 13.6. The number of nitrogens with zero attached hydrogens (tertiary/aromatic N) is 7. The molecule has 0 aliphatic carbocycles. The minimum Gasteiger partial charge on any atom is -0.496 e. The Morgan fingerprint density at radius 2 is 2.03 bits per heavy atom. The van der Waals surface area contributed by atoms with Crippen LogP contribution in [0.3, 0.4) is 0 Å². The first-order valence-electron chi connectivity index (χ1n) is 14.6. The number of hydrogen-bond acceptors (Lipinski definition) is 9. The summed E-state index contributed by atoms with van der Waals surface area (Å²) in [5, 5.41) is 5.23. The lowest BCUT2D eigenvalue weighted by Crippen LogP contribution is -2.57. The summed E-state index contributed by atoms with van der Waals surface area (Å²) in [7, 11) is -1.67. The van der Waals surface area contributed by atoms with Gasteiger partial charge in [-0.05, 0) is 26.0 Å². The van der Waals surface area contributed by atoms with E-state index in [1.807, 2.05) is 18.7 Å². The Hall–Kier alpha value is -3.73. The Balaban J connectivity index is 1.69. The van der Waals surface area contributed by atoms with Crippen molar-refractivity contribution in [3.63, 3.8) is 0 Å². The zero-order valence-corrected chi connectivity index (χ0v) is 21.7. The maximum absolute atomic E-state index is 11.9. The number of ether oxygens (including phenoxy) is 1. The molecule has 1 saturated heterocycles. The number of rotatable bonds is 7. The van der Waals surface area contributed by atoms with Crippen molar-refractivity contribution in [1.82, 2.24) is 24.7 Å². The molecule has 11 heteroatoms. The zero-order chi connectivity index (χ0) is 31.5. The van der Waals surface area contributed by atoms with Crippen molar-refractivity contribution in [2.45, 2.75) is 19.9 Å². The van der Waals surface area contributed by atoms with Gasteiger partial charge in [-0.15, -0.1) is 0 Å². The molecule has 4 aromatic rings. The van der Waals surface area contributed by atoms with Crippen LogP contribution in [-0.2, 0) is 9.84 Å². The van der Waals surface area contributed by atoms with Gasteiger partial charge >= 0.3 is 0 Å². The fourth-order valence-electron chi connectivity index (χ4n) is 4.74. The molecule has 0 radical (unpaired) electrons. The van der Waals surface area contributed by atoms with Gasteiger partial charge in [-0.25, -0.2) is 18.1 Å². The molecule has 5 heterocycles. The first kappa shape index (κ1) is 18.5. The van der Waals surface area contributed by atoms with Gasteiger partial charge in [0.2, 0.25) is 0 Å². The van der Waals surface area contributed by atoms with E-state index in [0.717, 1.165) is 0 Å². The van der Waals surface area contributed by atoms with Crippen LogP contribution in [0.5, 0.6) is 5.75 Å². The number of anilines is 2. The summed E-state index contributed by atoms with van der Waals surface area (Å²) in [6, 6.07) is 6.37. The highest BCUT2D eigenvalue weighted by Crippen LogP contribution is 2.36. The van der Waals surface area contributed by atoms with Gasteiger partial charge < -0.3 is 14.5 Å². The quantitative estimate of drug-likeness (QED) is 0.358. The molecule has 0 spiro atoms. The topological polar surface area (TPSA) is 106 Å². The van der Waals surface area contributed by atoms with Crippen LogP contribution in [0.25, 0.3) is 28.0 Å². The molecule has 2 atom stereocenters. The highest BCUT2D eigenvalue weighted by Gasteiger charge is 2.38. The number of pyridine rings is 3. The Bertz CT molecular complexity index is 1780. The van der Waals surface area contributed by atoms with E-state index >= 15 is 0 Å². The second-order valence-electron chi connectivity index (χ2n) is 9.28. The van der Waals surface area contributed by atoms with Gasteiger partial charge in [0.15, 0.2) is 5.82 Å². The van der Waals surface area contributed by atoms with Gasteiger partial charge in [0.1, 0.15) is 21.4 Å². The number of fused-ring (bicyclic) bond motifs is 1. The van der Waals surface area contributed by atoms with Crippen molar-refractivity contribution in [2.75, 3.05) is 49.4 Å². The molecule has 1 fully saturated rings. The molecule has 5 rings (SSSR count). The van der Waals surface area contributed by atoms with Gasteiger partial charge in [-0.2, -0.15) is 5.10 Å². The molecule has 1 aliphatic rings. The summed E-state index contributed by atoms with van der Waals surface area (Å²) in [6.07, 6.45) is 6.03. The van der Waals surface area contributed by atoms with Crippen LogP contribution in [-0.4, -0.2) is 78.8 Å². The van der Waals surface area contributed by atoms with Crippen LogP contribution in [0.15, 0.2) is 42.9 Å². The molecule has 37 heavy (non-hydrogen) atoms. The second kappa shape index (κ2) is 9.29. The monoisotopic (exact) mass is 527 g/mol. The van der Waals surface area contributed by atoms with E-state index in [4.69, 9.17) is 17.9 Å². The predicted molar refractivity (Wildman–Crippen MR) is 146 cm³/mol. The fourth-order valence-corrected chi connectivity index (χ4v) is 5.90. The Labute approximate surface area is 225 Å². The lowest BCUT2D eigenvalue weighted by atomic mass is 9.91. The minimum atomic E-state index is -3.22. The third kappa shape index (κ3) is 4.71. The molecule has 0 unspecified atom stereocenters. The van der Waals surface area contributed by atoms with Crippen LogP contribution in [0.4, 0.5) is 11.5 Å². The maximum Gasteiger partial charge on any atom is 0.158 e. The van der Waals surface area contributed by atoms with Gasteiger partial charge in [0, 0.05) is 88.2 Å². The molecule has 1 aliphatic heterocycles. The van der Waals surface area contributed by atoms with Gasteiger partial charge in [0.25, 0.3) is 0 Å². The molecule has 4 aromatic heterocycles. The normalized spacial score (nSPS) is 20.7. The Morgan fingerprint density at radius 3 is 2.73 bits per heavy atom. The van der Waals surface area contributed by atoms with Gasteiger partial charge in [0.05, 0.1) is 35.8 Å². The van der Waals surface area contributed by atoms with Crippen molar-refractivity contribution in [3.8, 4) is 22.8 Å². The van der Waals surface area contributed by atoms with E-state index in [1.165, 1.54) is 17.0 Å². The third-order valence-electron chi connectivity index (χ3n) is 6.72. The lowest BCUT2D eigenvalue weighted by Gasteiger charge is -2.48. The van der Waals surface area contributed by atoms with Crippen LogP contribution in [0.1, 0.15) is 20.8 Å². The summed E-state index contributed by atoms with van der Waals surface area (Å²) < 4.78 is 78.8. The highest BCUT2D eigenvalue weighted by molar-refractivity contribution is 7.90. The van der Waals surface area contributed by atoms with Gasteiger partial charge in [-0.1, -0.05) is 0 Å². The average molecular weight is 528 g/mol. The molecule has 10 nitrogen and oxygen atoms in total. The molecule has 0 bridgehead atoms. The van der Waals surface area contributed by atoms with E-state index in [2.05, 4.69) is 15.1 Å². The van der Waals surface area contributed by atoms with Crippen LogP contribution in [0.2, 0.25) is 0 Å². The van der Waals surface area contributed by atoms with E-state index in [1.54, 1.807) is 43.9 Å². The highest BCUT2D eigenvalue weighted by atomic mass is 32.2. The number of aromatic nitrogens is 5. The van der Waals surface area contributed by atoms with Crippen molar-refractivity contribution in [1.29, 1.82) is 0 Å². The van der Waals surface area contributed by atoms with Crippen LogP contribution < -0.4 is 14.5 Å². The number of hydrogen-bond donors (Lipinski definition) is 0. The molecule has 194 valence electrons. The summed E-state index contributed by atoms with van der Waals surface area (Å²) in [5.41, 5.74) is 2.93. The molecular weight excluding hydrogens is 490 g/mol. The molecule has 0 saturated carbocycles. The smallest absolute Gasteiger partial charge is 0.158 e. The summed E-state index contributed by atoms with van der Waals surface area (Å²) in [6.45, 7) is -2.00. The molecular formula is C26H31N7O3S.